The predicted molar refractivity (Wildman–Crippen MR) is 122 cm³/mol. The molecule has 1 atom stereocenters. The van der Waals surface area contributed by atoms with Crippen LogP contribution in [0.5, 0.6) is 0 Å². The summed E-state index contributed by atoms with van der Waals surface area (Å²) in [4.78, 5) is 42.0. The maximum absolute atomic E-state index is 13.3. The summed E-state index contributed by atoms with van der Waals surface area (Å²) in [6.45, 7) is 11.3. The van der Waals surface area contributed by atoms with Gasteiger partial charge in [-0.2, -0.15) is 0 Å². The lowest BCUT2D eigenvalue weighted by atomic mass is 9.89. The van der Waals surface area contributed by atoms with E-state index in [1.165, 1.54) is 11.1 Å². The first-order valence-electron chi connectivity index (χ1n) is 11.7. The van der Waals surface area contributed by atoms with Crippen LogP contribution in [0, 0.1) is 11.8 Å². The maximum Gasteiger partial charge on any atom is 0.325 e. The lowest BCUT2D eigenvalue weighted by molar-refractivity contribution is -0.139. The van der Waals surface area contributed by atoms with Crippen LogP contribution < -0.4 is 5.32 Å². The number of aryl methyl sites for hydroxylation is 2. The van der Waals surface area contributed by atoms with Crippen LogP contribution in [0.1, 0.15) is 70.6 Å². The molecule has 31 heavy (non-hydrogen) atoms. The maximum atomic E-state index is 13.3. The smallest absolute Gasteiger partial charge is 0.325 e. The molecule has 1 aliphatic heterocycles. The molecule has 2 aliphatic rings. The van der Waals surface area contributed by atoms with E-state index in [1.807, 2.05) is 17.0 Å². The van der Waals surface area contributed by atoms with E-state index in [1.54, 1.807) is 6.92 Å². The number of hydrogen-bond donors (Lipinski definition) is 1. The zero-order chi connectivity index (χ0) is 22.8. The molecule has 0 saturated carbocycles. The highest BCUT2D eigenvalue weighted by atomic mass is 16.2. The molecule has 0 spiro atoms. The Balaban J connectivity index is 1.73. The minimum absolute atomic E-state index is 0.164. The fourth-order valence-corrected chi connectivity index (χ4v) is 4.34. The first kappa shape index (κ1) is 23.3. The van der Waals surface area contributed by atoms with Crippen LogP contribution in [0.3, 0.4) is 0 Å². The van der Waals surface area contributed by atoms with Crippen LogP contribution in [0.25, 0.3) is 0 Å². The number of carbonyl (C=O) groups excluding carboxylic acids is 3. The van der Waals surface area contributed by atoms with Gasteiger partial charge in [0.15, 0.2) is 0 Å². The van der Waals surface area contributed by atoms with Gasteiger partial charge in [0.05, 0.1) is 0 Å². The van der Waals surface area contributed by atoms with Crippen molar-refractivity contribution in [3.05, 3.63) is 34.9 Å². The van der Waals surface area contributed by atoms with Gasteiger partial charge in [0.1, 0.15) is 12.1 Å². The number of amides is 4. The van der Waals surface area contributed by atoms with Gasteiger partial charge in [0.2, 0.25) is 5.91 Å². The van der Waals surface area contributed by atoms with Gasteiger partial charge in [-0.05, 0) is 67.6 Å². The number of benzene rings is 1. The second-order valence-electron chi connectivity index (χ2n) is 10.0. The second-order valence-corrected chi connectivity index (χ2v) is 10.0. The fraction of sp³-hybridized carbons (Fsp3) is 0.640. The summed E-state index contributed by atoms with van der Waals surface area (Å²) in [5.41, 5.74) is 2.24. The Labute approximate surface area is 186 Å². The zero-order valence-corrected chi connectivity index (χ0v) is 19.7. The average Bonchev–Trinajstić information content (AvgIpc) is 3.25. The number of imide groups is 1. The lowest BCUT2D eigenvalue weighted by Gasteiger charge is -2.27. The number of urea groups is 1. The summed E-state index contributed by atoms with van der Waals surface area (Å²) >= 11 is 0. The SMILES string of the molecule is CC(C)CCN(CCC(C)C)C(=O)CN1C(=O)NC(C)(c2ccc3c(c2)CCC3)C1=O. The van der Waals surface area contributed by atoms with Gasteiger partial charge in [-0.3, -0.25) is 14.5 Å². The van der Waals surface area contributed by atoms with Gasteiger partial charge in [0, 0.05) is 13.1 Å². The molecule has 0 bridgehead atoms. The minimum Gasteiger partial charge on any atom is -0.341 e. The minimum atomic E-state index is -1.13. The molecular formula is C25H37N3O3. The van der Waals surface area contributed by atoms with Gasteiger partial charge in [0.25, 0.3) is 5.91 Å². The van der Waals surface area contributed by atoms with Crippen molar-refractivity contribution in [2.24, 2.45) is 11.8 Å². The Hall–Kier alpha value is -2.37. The molecule has 1 aromatic rings. The Kier molecular flexibility index (Phi) is 7.07. The van der Waals surface area contributed by atoms with Gasteiger partial charge in [-0.15, -0.1) is 0 Å². The molecular weight excluding hydrogens is 390 g/mol. The van der Waals surface area contributed by atoms with Gasteiger partial charge in [-0.25, -0.2) is 4.79 Å². The topological polar surface area (TPSA) is 69.7 Å². The highest BCUT2D eigenvalue weighted by Gasteiger charge is 2.50. The summed E-state index contributed by atoms with van der Waals surface area (Å²) in [7, 11) is 0. The third-order valence-electron chi connectivity index (χ3n) is 6.55. The molecule has 1 N–H and O–H groups in total. The Morgan fingerprint density at radius 1 is 1.06 bits per heavy atom. The van der Waals surface area contributed by atoms with Crippen molar-refractivity contribution in [3.63, 3.8) is 0 Å². The molecule has 6 heteroatoms. The second kappa shape index (κ2) is 9.41. The van der Waals surface area contributed by atoms with Crippen molar-refractivity contribution >= 4 is 17.8 Å². The molecule has 4 amide bonds. The molecule has 170 valence electrons. The van der Waals surface area contributed by atoms with Crippen molar-refractivity contribution in [2.45, 2.75) is 72.3 Å². The summed E-state index contributed by atoms with van der Waals surface area (Å²) in [6.07, 6.45) is 4.99. The van der Waals surface area contributed by atoms with Crippen LogP contribution in [-0.4, -0.2) is 47.3 Å². The van der Waals surface area contributed by atoms with Crippen LogP contribution in [-0.2, 0) is 28.0 Å². The highest BCUT2D eigenvalue weighted by molar-refractivity contribution is 6.09. The van der Waals surface area contributed by atoms with E-state index in [2.05, 4.69) is 39.1 Å². The molecule has 3 rings (SSSR count). The molecule has 1 heterocycles. The molecule has 6 nitrogen and oxygen atoms in total. The van der Waals surface area contributed by atoms with Crippen LogP contribution in [0.2, 0.25) is 0 Å². The van der Waals surface area contributed by atoms with E-state index in [9.17, 15) is 14.4 Å². The first-order chi connectivity index (χ1) is 14.6. The Morgan fingerprint density at radius 3 is 2.29 bits per heavy atom. The number of carbonyl (C=O) groups is 3. The third-order valence-corrected chi connectivity index (χ3v) is 6.55. The summed E-state index contributed by atoms with van der Waals surface area (Å²) in [5.74, 6) is 0.447. The molecule has 1 fully saturated rings. The molecule has 1 unspecified atom stereocenters. The van der Waals surface area contributed by atoms with E-state index < -0.39 is 11.6 Å². The van der Waals surface area contributed by atoms with Gasteiger partial charge >= 0.3 is 6.03 Å². The van der Waals surface area contributed by atoms with Crippen LogP contribution >= 0.6 is 0 Å². The zero-order valence-electron chi connectivity index (χ0n) is 19.7. The van der Waals surface area contributed by atoms with E-state index >= 15 is 0 Å². The van der Waals surface area contributed by atoms with E-state index in [0.29, 0.717) is 24.9 Å². The molecule has 0 aromatic heterocycles. The fourth-order valence-electron chi connectivity index (χ4n) is 4.34. The van der Waals surface area contributed by atoms with Crippen molar-refractivity contribution in [1.29, 1.82) is 0 Å². The Bertz CT molecular complexity index is 836. The average molecular weight is 428 g/mol. The van der Waals surface area contributed by atoms with Crippen molar-refractivity contribution in [2.75, 3.05) is 19.6 Å². The number of nitrogens with one attached hydrogen (secondary N) is 1. The van der Waals surface area contributed by atoms with E-state index in [-0.39, 0.29) is 18.4 Å². The molecule has 1 aliphatic carbocycles. The van der Waals surface area contributed by atoms with Crippen LogP contribution in [0.4, 0.5) is 4.79 Å². The molecule has 1 aromatic carbocycles. The normalized spacial score (nSPS) is 20.5. The number of nitrogens with zero attached hydrogens (tertiary/aromatic N) is 2. The third kappa shape index (κ3) is 5.10. The first-order valence-corrected chi connectivity index (χ1v) is 11.7. The van der Waals surface area contributed by atoms with E-state index in [0.717, 1.165) is 42.6 Å². The largest absolute Gasteiger partial charge is 0.341 e. The number of hydrogen-bond acceptors (Lipinski definition) is 3. The monoisotopic (exact) mass is 427 g/mol. The van der Waals surface area contributed by atoms with E-state index in [4.69, 9.17) is 0 Å². The Morgan fingerprint density at radius 2 is 1.68 bits per heavy atom. The standard InChI is InChI=1S/C25H37N3O3/c1-17(2)11-13-27(14-12-18(3)4)22(29)16-28-23(30)25(5,26-24(28)31)21-10-9-19-7-6-8-20(19)15-21/h9-10,15,17-18H,6-8,11-14,16H2,1-5H3,(H,26,31). The van der Waals surface area contributed by atoms with Crippen molar-refractivity contribution < 1.29 is 14.4 Å². The number of rotatable bonds is 9. The molecule has 0 radical (unpaired) electrons. The lowest BCUT2D eigenvalue weighted by Crippen LogP contribution is -2.45. The van der Waals surface area contributed by atoms with Gasteiger partial charge < -0.3 is 10.2 Å². The predicted octanol–water partition coefficient (Wildman–Crippen LogP) is 3.86. The van der Waals surface area contributed by atoms with Crippen LogP contribution in [0.15, 0.2) is 18.2 Å². The summed E-state index contributed by atoms with van der Waals surface area (Å²) in [5, 5.41) is 2.85. The summed E-state index contributed by atoms with van der Waals surface area (Å²) in [6, 6.07) is 5.55. The molecule has 1 saturated heterocycles. The highest BCUT2D eigenvalue weighted by Crippen LogP contribution is 2.32. The van der Waals surface area contributed by atoms with Crippen molar-refractivity contribution in [3.8, 4) is 0 Å². The number of fused-ring (bicyclic) bond motifs is 1. The quantitative estimate of drug-likeness (QED) is 0.609. The summed E-state index contributed by atoms with van der Waals surface area (Å²) < 4.78 is 0. The van der Waals surface area contributed by atoms with Gasteiger partial charge in [-0.1, -0.05) is 45.9 Å². The van der Waals surface area contributed by atoms with Crippen molar-refractivity contribution in [1.82, 2.24) is 15.1 Å².